The van der Waals surface area contributed by atoms with Gasteiger partial charge >= 0.3 is 17.9 Å². The van der Waals surface area contributed by atoms with Crippen LogP contribution < -0.4 is 0 Å². The molecule has 0 amide bonds. The molecule has 0 aromatic rings. The number of esters is 3. The SMILES string of the molecule is CCCCCCCCCCCCSSSCC(CC)OC(=O)CCN(C)CCCN(CCC(=O)OC(CC)CSSSCCCCCCCCCCCC)CCC(=O)OC(CC)CSSSCCCCCCCCCCCC. The number of hydrogen-bond donors (Lipinski definition) is 0. The largest absolute Gasteiger partial charge is 0.461 e. The van der Waals surface area contributed by atoms with Crippen molar-refractivity contribution in [3.05, 3.63) is 0 Å². The molecule has 78 heavy (non-hydrogen) atoms. The van der Waals surface area contributed by atoms with E-state index >= 15 is 0 Å². The second kappa shape index (κ2) is 64.5. The highest BCUT2D eigenvalue weighted by atomic mass is 33.5. The zero-order valence-corrected chi connectivity index (χ0v) is 58.5. The molecule has 0 rings (SSSR count). The van der Waals surface area contributed by atoms with Gasteiger partial charge in [-0.25, -0.2) is 0 Å². The van der Waals surface area contributed by atoms with Crippen molar-refractivity contribution in [2.24, 2.45) is 0 Å². The van der Waals surface area contributed by atoms with Crippen molar-refractivity contribution in [3.8, 4) is 0 Å². The molecular weight excluding hydrogens is 1150 g/mol. The molecule has 8 nitrogen and oxygen atoms in total. The second-order valence-corrected chi connectivity index (χ2v) is 34.6. The van der Waals surface area contributed by atoms with Gasteiger partial charge in [0.1, 0.15) is 18.3 Å². The molecule has 17 heteroatoms. The average Bonchev–Trinajstić information content (AvgIpc) is 3.44. The lowest BCUT2D eigenvalue weighted by Gasteiger charge is -2.24. The number of ether oxygens (including phenoxy) is 3. The van der Waals surface area contributed by atoms with E-state index in [0.29, 0.717) is 26.1 Å². The molecule has 0 bridgehead atoms. The van der Waals surface area contributed by atoms with Gasteiger partial charge < -0.3 is 24.0 Å². The van der Waals surface area contributed by atoms with Gasteiger partial charge in [-0.2, -0.15) is 0 Å². The fourth-order valence-electron chi connectivity index (χ4n) is 8.69. The van der Waals surface area contributed by atoms with Gasteiger partial charge in [0.25, 0.3) is 0 Å². The van der Waals surface area contributed by atoms with E-state index in [0.717, 1.165) is 56.0 Å². The highest BCUT2D eigenvalue weighted by Crippen LogP contribution is 2.38. The van der Waals surface area contributed by atoms with Gasteiger partial charge in [-0.1, -0.05) is 280 Å². The molecule has 0 saturated carbocycles. The minimum absolute atomic E-state index is 0.0631. The number of hydrogen-bond acceptors (Lipinski definition) is 17. The van der Waals surface area contributed by atoms with Crippen LogP contribution in [0.4, 0.5) is 0 Å². The second-order valence-electron chi connectivity index (χ2n) is 21.4. The van der Waals surface area contributed by atoms with Crippen molar-refractivity contribution < 1.29 is 28.6 Å². The fraction of sp³-hybridized carbons (Fsp3) is 0.951. The van der Waals surface area contributed by atoms with Crippen LogP contribution in [0, 0.1) is 0 Å². The first-order valence-corrected chi connectivity index (χ1v) is 43.4. The summed E-state index contributed by atoms with van der Waals surface area (Å²) in [4.78, 5) is 43.8. The molecule has 0 radical (unpaired) electrons. The van der Waals surface area contributed by atoms with E-state index in [2.05, 4.69) is 58.4 Å². The first-order valence-electron chi connectivity index (χ1n) is 31.9. The van der Waals surface area contributed by atoms with Crippen molar-refractivity contribution in [1.29, 1.82) is 0 Å². The molecule has 3 unspecified atom stereocenters. The molecule has 0 aliphatic rings. The summed E-state index contributed by atoms with van der Waals surface area (Å²) in [7, 11) is 18.8. The van der Waals surface area contributed by atoms with Gasteiger partial charge in [-0.15, -0.1) is 0 Å². The smallest absolute Gasteiger partial charge is 0.307 e. The van der Waals surface area contributed by atoms with E-state index in [1.54, 1.807) is 21.6 Å². The van der Waals surface area contributed by atoms with Crippen LogP contribution in [0.3, 0.4) is 0 Å². The predicted octanol–water partition coefficient (Wildman–Crippen LogP) is 21.6. The van der Waals surface area contributed by atoms with Gasteiger partial charge in [-0.05, 0) is 94.6 Å². The van der Waals surface area contributed by atoms with E-state index in [9.17, 15) is 14.4 Å². The standard InChI is InChI=1S/C61H120N2O6S9/c1-8-14-17-20-23-26-29-32-35-38-50-70-76-73-53-56(11-4)67-59(64)42-47-62(7)45-41-46-63(48-43-60(65)68-57(12-5)54-74-77-71-51-39-36-33-30-27-24-21-18-15-9-2)49-44-61(66)69-58(13-6)55-75-78-72-52-40-37-34-31-28-25-22-19-16-10-3/h56-58H,8-55H2,1-7H3. The highest BCUT2D eigenvalue weighted by Gasteiger charge is 2.19. The molecule has 0 aliphatic heterocycles. The molecule has 0 saturated heterocycles. The number of rotatable bonds is 64. The summed E-state index contributed by atoms with van der Waals surface area (Å²) in [6.07, 6.45) is 44.8. The minimum atomic E-state index is -0.175. The summed E-state index contributed by atoms with van der Waals surface area (Å²) in [6, 6.07) is 0. The van der Waals surface area contributed by atoms with E-state index in [1.807, 2.05) is 72.7 Å². The number of nitrogens with zero attached hydrogens (tertiary/aromatic N) is 2. The van der Waals surface area contributed by atoms with Gasteiger partial charge in [0.05, 0.1) is 19.3 Å². The molecule has 0 aliphatic carbocycles. The minimum Gasteiger partial charge on any atom is -0.461 e. The molecule has 0 aromatic heterocycles. The van der Waals surface area contributed by atoms with Gasteiger partial charge in [-0.3, -0.25) is 14.4 Å². The third-order valence-corrected chi connectivity index (χ3v) is 27.2. The summed E-state index contributed by atoms with van der Waals surface area (Å²) in [5, 5.41) is 0. The molecule has 0 aromatic carbocycles. The Labute approximate surface area is 517 Å². The first-order chi connectivity index (χ1) is 38.2. The monoisotopic (exact) mass is 1260 g/mol. The van der Waals surface area contributed by atoms with Crippen LogP contribution in [-0.2, 0) is 28.6 Å². The summed E-state index contributed by atoms with van der Waals surface area (Å²) in [5.41, 5.74) is 0. The molecule has 0 heterocycles. The topological polar surface area (TPSA) is 85.4 Å². The van der Waals surface area contributed by atoms with Crippen LogP contribution in [-0.4, -0.2) is 120 Å². The maximum absolute atomic E-state index is 13.2. The quantitative estimate of drug-likeness (QED) is 0.0250. The van der Waals surface area contributed by atoms with Crippen molar-refractivity contribution >= 4 is 112 Å². The lowest BCUT2D eigenvalue weighted by Crippen LogP contribution is -2.34. The molecule has 464 valence electrons. The lowest BCUT2D eigenvalue weighted by molar-refractivity contribution is -0.149. The third-order valence-electron chi connectivity index (χ3n) is 14.0. The first kappa shape index (κ1) is 79.5. The van der Waals surface area contributed by atoms with Gasteiger partial charge in [0.15, 0.2) is 0 Å². The average molecular weight is 1270 g/mol. The van der Waals surface area contributed by atoms with Crippen molar-refractivity contribution in [2.75, 3.05) is 74.3 Å². The van der Waals surface area contributed by atoms with E-state index in [-0.39, 0.29) is 49.1 Å². The van der Waals surface area contributed by atoms with Crippen molar-refractivity contribution in [3.63, 3.8) is 0 Å². The highest BCUT2D eigenvalue weighted by molar-refractivity contribution is 9.10. The maximum Gasteiger partial charge on any atom is 0.307 e. The Morgan fingerprint density at radius 1 is 0.321 bits per heavy atom. The summed E-state index contributed by atoms with van der Waals surface area (Å²) >= 11 is 0. The Bertz CT molecular complexity index is 1230. The molecule has 3 atom stereocenters. The fourth-order valence-corrected chi connectivity index (χ4v) is 20.9. The number of carbonyl (C=O) groups excluding carboxylic acids is 3. The Kier molecular flexibility index (Phi) is 65.7. The third kappa shape index (κ3) is 57.9. The Balaban J connectivity index is 4.81. The normalized spacial score (nSPS) is 12.9. The van der Waals surface area contributed by atoms with Crippen LogP contribution in [0.15, 0.2) is 0 Å². The van der Waals surface area contributed by atoms with Crippen LogP contribution in [0.2, 0.25) is 0 Å². The Morgan fingerprint density at radius 2 is 0.590 bits per heavy atom. The number of carbonyl (C=O) groups is 3. The Hall–Kier alpha value is 1.48. The van der Waals surface area contributed by atoms with Gasteiger partial charge in [0.2, 0.25) is 0 Å². The van der Waals surface area contributed by atoms with Crippen LogP contribution in [0.1, 0.15) is 279 Å². The summed E-state index contributed by atoms with van der Waals surface area (Å²) in [5.74, 6) is 5.43. The maximum atomic E-state index is 13.2. The van der Waals surface area contributed by atoms with Crippen molar-refractivity contribution in [2.45, 2.75) is 297 Å². The van der Waals surface area contributed by atoms with E-state index in [4.69, 9.17) is 14.2 Å². The van der Waals surface area contributed by atoms with Crippen LogP contribution in [0.25, 0.3) is 0 Å². The molecule has 0 N–H and O–H groups in total. The lowest BCUT2D eigenvalue weighted by atomic mass is 10.1. The summed E-state index contributed by atoms with van der Waals surface area (Å²) < 4.78 is 17.9. The number of unbranched alkanes of at least 4 members (excludes halogenated alkanes) is 27. The van der Waals surface area contributed by atoms with Crippen LogP contribution >= 0.6 is 94.2 Å². The van der Waals surface area contributed by atoms with Crippen LogP contribution in [0.5, 0.6) is 0 Å². The summed E-state index contributed by atoms with van der Waals surface area (Å²) in [6.45, 7) is 16.3. The van der Waals surface area contributed by atoms with Gasteiger partial charge in [0, 0.05) is 54.2 Å². The van der Waals surface area contributed by atoms with E-state index < -0.39 is 0 Å². The zero-order chi connectivity index (χ0) is 57.0. The molecule has 0 fully saturated rings. The molecular formula is C61H120N2O6S9. The van der Waals surface area contributed by atoms with E-state index in [1.165, 1.54) is 210 Å². The van der Waals surface area contributed by atoms with Crippen molar-refractivity contribution in [1.82, 2.24) is 9.80 Å². The Morgan fingerprint density at radius 3 is 0.872 bits per heavy atom. The molecule has 0 spiro atoms. The zero-order valence-electron chi connectivity index (χ0n) is 51.2. The predicted molar refractivity (Wildman–Crippen MR) is 366 cm³/mol.